The van der Waals surface area contributed by atoms with E-state index in [4.69, 9.17) is 11.6 Å². The first-order chi connectivity index (χ1) is 7.99. The number of halogens is 2. The maximum atomic E-state index is 13.0. The summed E-state index contributed by atoms with van der Waals surface area (Å²) in [6, 6.07) is 3.11. The van der Waals surface area contributed by atoms with Gasteiger partial charge in [0, 0.05) is 12.6 Å². The Kier molecular flexibility index (Phi) is 3.67. The third kappa shape index (κ3) is 2.95. The largest absolute Gasteiger partial charge is 0.315 e. The minimum atomic E-state index is -3.76. The molecule has 94 valence electrons. The van der Waals surface area contributed by atoms with Crippen molar-refractivity contribution in [3.05, 3.63) is 29.0 Å². The summed E-state index contributed by atoms with van der Waals surface area (Å²) in [6.07, 6.45) is 0.714. The average Bonchev–Trinajstić information content (AvgIpc) is 2.73. The van der Waals surface area contributed by atoms with Crippen molar-refractivity contribution in [2.24, 2.45) is 0 Å². The highest BCUT2D eigenvalue weighted by atomic mass is 35.5. The Morgan fingerprint density at radius 2 is 2.24 bits per heavy atom. The summed E-state index contributed by atoms with van der Waals surface area (Å²) in [5.74, 6) is -0.626. The van der Waals surface area contributed by atoms with Gasteiger partial charge in [0.25, 0.3) is 0 Å². The van der Waals surface area contributed by atoms with Gasteiger partial charge in [0.05, 0.1) is 5.02 Å². The topological polar surface area (TPSA) is 58.2 Å². The van der Waals surface area contributed by atoms with Crippen LogP contribution < -0.4 is 10.0 Å². The molecule has 0 bridgehead atoms. The summed E-state index contributed by atoms with van der Waals surface area (Å²) in [7, 11) is -3.76. The lowest BCUT2D eigenvalue weighted by atomic mass is 10.3. The van der Waals surface area contributed by atoms with Crippen molar-refractivity contribution in [3.8, 4) is 0 Å². The number of benzene rings is 1. The van der Waals surface area contributed by atoms with Gasteiger partial charge in [0.1, 0.15) is 10.7 Å². The Bertz CT molecular complexity index is 515. The molecule has 0 aliphatic carbocycles. The zero-order valence-corrected chi connectivity index (χ0v) is 10.5. The van der Waals surface area contributed by atoms with E-state index in [1.807, 2.05) is 0 Å². The zero-order valence-electron chi connectivity index (χ0n) is 8.91. The molecule has 1 fully saturated rings. The van der Waals surface area contributed by atoms with Gasteiger partial charge < -0.3 is 5.32 Å². The Morgan fingerprint density at radius 3 is 2.88 bits per heavy atom. The molecule has 1 aromatic rings. The van der Waals surface area contributed by atoms with Crippen LogP contribution in [0.25, 0.3) is 0 Å². The van der Waals surface area contributed by atoms with Gasteiger partial charge in [-0.2, -0.15) is 0 Å². The molecule has 17 heavy (non-hydrogen) atoms. The third-order valence-electron chi connectivity index (χ3n) is 2.56. The van der Waals surface area contributed by atoms with Crippen LogP contribution in [0.2, 0.25) is 5.02 Å². The van der Waals surface area contributed by atoms with E-state index in [2.05, 4.69) is 10.0 Å². The second-order valence-corrected chi connectivity index (χ2v) is 5.98. The molecule has 1 saturated heterocycles. The summed E-state index contributed by atoms with van der Waals surface area (Å²) < 4.78 is 39.5. The van der Waals surface area contributed by atoms with E-state index in [-0.39, 0.29) is 16.0 Å². The van der Waals surface area contributed by atoms with Gasteiger partial charge in [-0.25, -0.2) is 17.5 Å². The molecular formula is C10H12ClFN2O2S. The third-order valence-corrected chi connectivity index (χ3v) is 4.57. The maximum absolute atomic E-state index is 13.0. The minimum Gasteiger partial charge on any atom is -0.315 e. The fourth-order valence-corrected chi connectivity index (χ4v) is 3.50. The van der Waals surface area contributed by atoms with Crippen LogP contribution in [0.4, 0.5) is 4.39 Å². The lowest BCUT2D eigenvalue weighted by molar-refractivity contribution is 0.557. The van der Waals surface area contributed by atoms with Crippen molar-refractivity contribution in [1.82, 2.24) is 10.0 Å². The van der Waals surface area contributed by atoms with E-state index in [0.717, 1.165) is 18.7 Å². The van der Waals surface area contributed by atoms with E-state index >= 15 is 0 Å². The molecule has 7 heteroatoms. The quantitative estimate of drug-likeness (QED) is 0.871. The molecule has 1 aliphatic heterocycles. The molecule has 0 saturated carbocycles. The van der Waals surface area contributed by atoms with Crippen LogP contribution in [-0.2, 0) is 10.0 Å². The van der Waals surface area contributed by atoms with Gasteiger partial charge in [0.15, 0.2) is 0 Å². The van der Waals surface area contributed by atoms with E-state index in [0.29, 0.717) is 13.0 Å². The maximum Gasteiger partial charge on any atom is 0.242 e. The molecule has 1 aliphatic rings. The summed E-state index contributed by atoms with van der Waals surface area (Å²) in [5.41, 5.74) is 0. The van der Waals surface area contributed by atoms with Gasteiger partial charge in [-0.1, -0.05) is 11.6 Å². The molecular weight excluding hydrogens is 267 g/mol. The molecule has 1 aromatic carbocycles. The highest BCUT2D eigenvalue weighted by Crippen LogP contribution is 2.22. The number of nitrogens with one attached hydrogen (secondary N) is 2. The van der Waals surface area contributed by atoms with Gasteiger partial charge in [0.2, 0.25) is 10.0 Å². The number of rotatable bonds is 3. The number of hydrogen-bond acceptors (Lipinski definition) is 3. The van der Waals surface area contributed by atoms with Gasteiger partial charge in [-0.05, 0) is 31.2 Å². The van der Waals surface area contributed by atoms with Crippen LogP contribution in [0.15, 0.2) is 23.1 Å². The monoisotopic (exact) mass is 278 g/mol. The Labute approximate surface area is 104 Å². The predicted molar refractivity (Wildman–Crippen MR) is 63.0 cm³/mol. The smallest absolute Gasteiger partial charge is 0.242 e. The van der Waals surface area contributed by atoms with Gasteiger partial charge >= 0.3 is 0 Å². The Balaban J connectivity index is 2.27. The first-order valence-electron chi connectivity index (χ1n) is 5.17. The summed E-state index contributed by atoms with van der Waals surface area (Å²) >= 11 is 5.76. The fourth-order valence-electron chi connectivity index (χ4n) is 1.72. The van der Waals surface area contributed by atoms with Crippen LogP contribution in [0, 0.1) is 5.82 Å². The minimum absolute atomic E-state index is 0.0184. The van der Waals surface area contributed by atoms with E-state index < -0.39 is 15.8 Å². The molecule has 0 spiro atoms. The number of hydrogen-bond donors (Lipinski definition) is 2. The second kappa shape index (κ2) is 4.89. The molecule has 2 N–H and O–H groups in total. The van der Waals surface area contributed by atoms with Crippen molar-refractivity contribution >= 4 is 21.6 Å². The van der Waals surface area contributed by atoms with Crippen LogP contribution in [0.5, 0.6) is 0 Å². The first kappa shape index (κ1) is 12.8. The summed E-state index contributed by atoms with van der Waals surface area (Å²) in [6.45, 7) is 1.34. The lowest BCUT2D eigenvalue weighted by Crippen LogP contribution is -2.36. The summed E-state index contributed by atoms with van der Waals surface area (Å²) in [4.78, 5) is -0.217. The Hall–Kier alpha value is -0.690. The second-order valence-electron chi connectivity index (χ2n) is 3.89. The van der Waals surface area contributed by atoms with Crippen molar-refractivity contribution < 1.29 is 12.8 Å². The standard InChI is InChI=1S/C10H12ClFN2O2S/c11-9-2-1-7(12)5-10(9)17(15,16)14-8-3-4-13-6-8/h1-2,5,8,13-14H,3-4,6H2. The van der Waals surface area contributed by atoms with E-state index in [1.54, 1.807) is 0 Å². The van der Waals surface area contributed by atoms with Crippen LogP contribution in [0.1, 0.15) is 6.42 Å². The van der Waals surface area contributed by atoms with Gasteiger partial charge in [-0.15, -0.1) is 0 Å². The molecule has 1 atom stereocenters. The van der Waals surface area contributed by atoms with Crippen LogP contribution in [-0.4, -0.2) is 27.5 Å². The van der Waals surface area contributed by atoms with Gasteiger partial charge in [-0.3, -0.25) is 0 Å². The molecule has 2 rings (SSSR count). The molecule has 1 heterocycles. The Morgan fingerprint density at radius 1 is 1.47 bits per heavy atom. The van der Waals surface area contributed by atoms with Crippen molar-refractivity contribution in [2.45, 2.75) is 17.4 Å². The molecule has 4 nitrogen and oxygen atoms in total. The SMILES string of the molecule is O=S(=O)(NC1CCNC1)c1cc(F)ccc1Cl. The predicted octanol–water partition coefficient (Wildman–Crippen LogP) is 1.12. The average molecular weight is 279 g/mol. The zero-order chi connectivity index (χ0) is 12.5. The normalized spacial score (nSPS) is 20.7. The van der Waals surface area contributed by atoms with Crippen LogP contribution >= 0.6 is 11.6 Å². The van der Waals surface area contributed by atoms with Crippen molar-refractivity contribution in [2.75, 3.05) is 13.1 Å². The number of sulfonamides is 1. The first-order valence-corrected chi connectivity index (χ1v) is 7.03. The molecule has 0 amide bonds. The van der Waals surface area contributed by atoms with Crippen molar-refractivity contribution in [1.29, 1.82) is 0 Å². The van der Waals surface area contributed by atoms with Crippen LogP contribution in [0.3, 0.4) is 0 Å². The lowest BCUT2D eigenvalue weighted by Gasteiger charge is -2.12. The molecule has 1 unspecified atom stereocenters. The summed E-state index contributed by atoms with van der Waals surface area (Å²) in [5, 5.41) is 3.06. The molecule has 0 radical (unpaired) electrons. The van der Waals surface area contributed by atoms with E-state index in [1.165, 1.54) is 6.07 Å². The molecule has 0 aromatic heterocycles. The highest BCUT2D eigenvalue weighted by molar-refractivity contribution is 7.89. The van der Waals surface area contributed by atoms with Crippen molar-refractivity contribution in [3.63, 3.8) is 0 Å². The highest BCUT2D eigenvalue weighted by Gasteiger charge is 2.24. The fraction of sp³-hybridized carbons (Fsp3) is 0.400. The van der Waals surface area contributed by atoms with E-state index in [9.17, 15) is 12.8 Å².